The molecule has 0 radical (unpaired) electrons. The minimum atomic E-state index is -3.67. The Labute approximate surface area is 199 Å². The largest absolute Gasteiger partial charge is 0.492 e. The number of ether oxygens (including phenoxy) is 2. The molecule has 0 bridgehead atoms. The van der Waals surface area contributed by atoms with Crippen LogP contribution in [0.4, 0.5) is 0 Å². The third kappa shape index (κ3) is 4.96. The lowest BCUT2D eigenvalue weighted by Gasteiger charge is -2.49. The average molecular weight is 487 g/mol. The first-order valence-electron chi connectivity index (χ1n) is 11.1. The van der Waals surface area contributed by atoms with Gasteiger partial charge < -0.3 is 19.4 Å². The number of esters is 1. The number of likely N-dealkylation sites (tertiary alicyclic amines) is 1. The lowest BCUT2D eigenvalue weighted by Crippen LogP contribution is -2.57. The van der Waals surface area contributed by atoms with Gasteiger partial charge in [-0.05, 0) is 49.2 Å². The molecule has 0 amide bonds. The van der Waals surface area contributed by atoms with Gasteiger partial charge in [0.2, 0.25) is 0 Å². The van der Waals surface area contributed by atoms with Crippen molar-refractivity contribution in [3.05, 3.63) is 65.9 Å². The second-order valence-electron chi connectivity index (χ2n) is 9.19. The summed E-state index contributed by atoms with van der Waals surface area (Å²) in [5.74, 6) is 0.851. The number of piperidine rings is 1. The van der Waals surface area contributed by atoms with Gasteiger partial charge in [-0.15, -0.1) is 0 Å². The Balaban J connectivity index is 0.000000499. The van der Waals surface area contributed by atoms with Crippen LogP contribution in [-0.2, 0) is 26.1 Å². The fourth-order valence-corrected chi connectivity index (χ4v) is 5.39. The number of aromatic amines is 1. The van der Waals surface area contributed by atoms with Crippen LogP contribution in [0.1, 0.15) is 23.5 Å². The van der Waals surface area contributed by atoms with Gasteiger partial charge in [0.1, 0.15) is 17.8 Å². The maximum atomic E-state index is 13.0. The molecule has 1 aromatic heterocycles. The molecule has 1 fully saturated rings. The van der Waals surface area contributed by atoms with Crippen molar-refractivity contribution >= 4 is 27.0 Å². The van der Waals surface area contributed by atoms with Crippen LogP contribution in [0.3, 0.4) is 0 Å². The van der Waals surface area contributed by atoms with Gasteiger partial charge >= 0.3 is 5.97 Å². The number of methoxy groups -OCH3 is 1. The summed E-state index contributed by atoms with van der Waals surface area (Å²) in [7, 11) is -0.0701. The Bertz CT molecular complexity index is 1270. The van der Waals surface area contributed by atoms with E-state index in [2.05, 4.69) is 41.3 Å². The zero-order valence-electron chi connectivity index (χ0n) is 19.5. The smallest absolute Gasteiger partial charge is 0.316 e. The predicted octanol–water partition coefficient (Wildman–Crippen LogP) is 3.25. The van der Waals surface area contributed by atoms with Crippen LogP contribution in [0.15, 0.2) is 54.7 Å². The Kier molecular flexibility index (Phi) is 6.71. The van der Waals surface area contributed by atoms with E-state index >= 15 is 0 Å². The summed E-state index contributed by atoms with van der Waals surface area (Å²) < 4.78 is 37.2. The van der Waals surface area contributed by atoms with Crippen molar-refractivity contribution in [2.75, 3.05) is 33.6 Å². The zero-order chi connectivity index (χ0) is 24.5. The molecular formula is C25H30N2O6S. The highest BCUT2D eigenvalue weighted by Crippen LogP contribution is 2.48. The number of H-pyrrole nitrogens is 1. The van der Waals surface area contributed by atoms with E-state index in [-0.39, 0.29) is 11.9 Å². The summed E-state index contributed by atoms with van der Waals surface area (Å²) in [4.78, 5) is 18.8. The lowest BCUT2D eigenvalue weighted by atomic mass is 9.66. The number of hydrogen-bond acceptors (Lipinski definition) is 6. The summed E-state index contributed by atoms with van der Waals surface area (Å²) >= 11 is 0. The van der Waals surface area contributed by atoms with Gasteiger partial charge in [0.05, 0.1) is 13.4 Å². The van der Waals surface area contributed by atoms with Crippen molar-refractivity contribution in [2.45, 2.75) is 24.8 Å². The molecule has 2 N–H and O–H groups in total. The highest BCUT2D eigenvalue weighted by molar-refractivity contribution is 7.85. The summed E-state index contributed by atoms with van der Waals surface area (Å²) in [6, 6.07) is 16.5. The van der Waals surface area contributed by atoms with Crippen LogP contribution < -0.4 is 4.74 Å². The molecule has 5 rings (SSSR count). The van der Waals surface area contributed by atoms with Crippen LogP contribution >= 0.6 is 0 Å². The number of nitrogens with zero attached hydrogens (tertiary/aromatic N) is 1. The van der Waals surface area contributed by atoms with E-state index in [1.165, 1.54) is 29.1 Å². The van der Waals surface area contributed by atoms with Crippen molar-refractivity contribution in [2.24, 2.45) is 5.41 Å². The molecule has 34 heavy (non-hydrogen) atoms. The highest BCUT2D eigenvalue weighted by Gasteiger charge is 2.51. The van der Waals surface area contributed by atoms with E-state index in [0.717, 1.165) is 18.6 Å². The van der Waals surface area contributed by atoms with Gasteiger partial charge in [-0.25, -0.2) is 0 Å². The van der Waals surface area contributed by atoms with Crippen LogP contribution in [0.25, 0.3) is 10.9 Å². The topological polar surface area (TPSA) is 109 Å². The van der Waals surface area contributed by atoms with Crippen LogP contribution in [0.5, 0.6) is 5.75 Å². The van der Waals surface area contributed by atoms with Crippen LogP contribution in [-0.4, -0.2) is 68.4 Å². The van der Waals surface area contributed by atoms with Gasteiger partial charge in [0.15, 0.2) is 0 Å². The standard InChI is InChI=1S/C24H26N2O3.CH4O3S/c1-26-14-24(23(27)28-2,15-29-17-7-4-3-5-8-17)12-19-18-9-6-10-20-22(18)16(13-25-20)11-21(19)26;1-5(2,3)4/h3-10,13,19,21,25H,11-12,14-15H2,1-2H3;1H3,(H,2,3,4)/t19?,21-,24-;/m1./s1. The molecule has 3 atom stereocenters. The maximum absolute atomic E-state index is 13.0. The zero-order valence-corrected chi connectivity index (χ0v) is 20.3. The molecule has 9 heteroatoms. The molecule has 2 aromatic carbocycles. The molecule has 3 aromatic rings. The predicted molar refractivity (Wildman–Crippen MR) is 130 cm³/mol. The second-order valence-corrected chi connectivity index (χ2v) is 10.7. The van der Waals surface area contributed by atoms with Crippen molar-refractivity contribution < 1.29 is 27.2 Å². The van der Waals surface area contributed by atoms with E-state index in [0.29, 0.717) is 25.4 Å². The minimum Gasteiger partial charge on any atom is -0.492 e. The molecule has 0 saturated carbocycles. The first-order valence-corrected chi connectivity index (χ1v) is 12.9. The van der Waals surface area contributed by atoms with E-state index in [4.69, 9.17) is 14.0 Å². The monoisotopic (exact) mass is 486 g/mol. The van der Waals surface area contributed by atoms with Gasteiger partial charge in [-0.1, -0.05) is 30.3 Å². The highest BCUT2D eigenvalue weighted by atomic mass is 32.2. The van der Waals surface area contributed by atoms with Gasteiger partial charge in [0.25, 0.3) is 10.1 Å². The summed E-state index contributed by atoms with van der Waals surface area (Å²) in [6.45, 7) is 0.941. The van der Waals surface area contributed by atoms with Gasteiger partial charge in [-0.3, -0.25) is 9.35 Å². The number of likely N-dealkylation sites (N-methyl/N-ethyl adjacent to an activating group) is 1. The number of carbonyl (C=O) groups is 1. The third-order valence-corrected chi connectivity index (χ3v) is 6.72. The maximum Gasteiger partial charge on any atom is 0.316 e. The van der Waals surface area contributed by atoms with Gasteiger partial charge in [-0.2, -0.15) is 8.42 Å². The number of fused-ring (bicyclic) bond motifs is 2. The molecule has 1 unspecified atom stereocenters. The number of carbonyl (C=O) groups excluding carboxylic acids is 1. The quantitative estimate of drug-likeness (QED) is 0.430. The molecule has 182 valence electrons. The summed E-state index contributed by atoms with van der Waals surface area (Å²) in [5, 5.41) is 1.33. The molecule has 8 nitrogen and oxygen atoms in total. The SMILES string of the molecule is COC(=O)[C@]1(COc2ccccc2)CC2c3cccc4[nH]cc(c34)C[C@H]2N(C)C1.CS(=O)(=O)O. The minimum absolute atomic E-state index is 0.189. The van der Waals surface area contributed by atoms with E-state index in [9.17, 15) is 13.2 Å². The van der Waals surface area contributed by atoms with Gasteiger partial charge in [0, 0.05) is 35.6 Å². The summed E-state index contributed by atoms with van der Waals surface area (Å²) in [5.41, 5.74) is 3.17. The Hall–Kier alpha value is -2.88. The van der Waals surface area contributed by atoms with Crippen LogP contribution in [0.2, 0.25) is 0 Å². The number of rotatable bonds is 4. The lowest BCUT2D eigenvalue weighted by molar-refractivity contribution is -0.160. The van der Waals surface area contributed by atoms with E-state index < -0.39 is 15.5 Å². The molecule has 2 heterocycles. The number of nitrogens with one attached hydrogen (secondary N) is 1. The molecular weight excluding hydrogens is 456 g/mol. The van der Waals surface area contributed by atoms with Crippen molar-refractivity contribution in [1.29, 1.82) is 0 Å². The number of hydrogen-bond donors (Lipinski definition) is 2. The fourth-order valence-electron chi connectivity index (χ4n) is 5.39. The van der Waals surface area contributed by atoms with E-state index in [1.807, 2.05) is 30.3 Å². The number of para-hydroxylation sites is 1. The molecule has 1 aliphatic heterocycles. The molecule has 0 spiro atoms. The van der Waals surface area contributed by atoms with Crippen molar-refractivity contribution in [1.82, 2.24) is 9.88 Å². The van der Waals surface area contributed by atoms with Crippen molar-refractivity contribution in [3.8, 4) is 5.75 Å². The number of aromatic nitrogens is 1. The van der Waals surface area contributed by atoms with Crippen LogP contribution in [0, 0.1) is 5.41 Å². The molecule has 2 aliphatic rings. The average Bonchev–Trinajstić information content (AvgIpc) is 3.22. The third-order valence-electron chi connectivity index (χ3n) is 6.72. The first-order chi connectivity index (χ1) is 16.1. The second kappa shape index (κ2) is 9.40. The number of benzene rings is 2. The normalized spacial score (nSPS) is 24.0. The Morgan fingerprint density at radius 2 is 1.91 bits per heavy atom. The summed E-state index contributed by atoms with van der Waals surface area (Å²) in [6.07, 6.45) is 4.58. The Morgan fingerprint density at radius 1 is 1.21 bits per heavy atom. The molecule has 1 aliphatic carbocycles. The molecule has 1 saturated heterocycles. The Morgan fingerprint density at radius 3 is 2.59 bits per heavy atom. The fraction of sp³-hybridized carbons (Fsp3) is 0.400. The van der Waals surface area contributed by atoms with Crippen molar-refractivity contribution in [3.63, 3.8) is 0 Å². The van der Waals surface area contributed by atoms with E-state index in [1.54, 1.807) is 0 Å². The first kappa shape index (κ1) is 24.3.